The molecule has 0 saturated heterocycles. The van der Waals surface area contributed by atoms with Crippen molar-refractivity contribution < 1.29 is 9.00 Å². The molecule has 2 unspecified atom stereocenters. The number of nitrogens with two attached hydrogens (primary N) is 1. The predicted octanol–water partition coefficient (Wildman–Crippen LogP) is 2.05. The van der Waals surface area contributed by atoms with Crippen molar-refractivity contribution in [2.24, 2.45) is 0 Å². The average molecular weight is 333 g/mol. The van der Waals surface area contributed by atoms with E-state index in [9.17, 15) is 9.00 Å². The first-order valence-corrected chi connectivity index (χ1v) is 7.59. The molecule has 2 atom stereocenters. The lowest BCUT2D eigenvalue weighted by atomic mass is 10.3. The Morgan fingerprint density at radius 1 is 1.39 bits per heavy atom. The zero-order chi connectivity index (χ0) is 13.9. The Kier molecular flexibility index (Phi) is 5.34. The van der Waals surface area contributed by atoms with E-state index in [1.54, 1.807) is 25.1 Å². The van der Waals surface area contributed by atoms with Gasteiger partial charge in [-0.3, -0.25) is 9.00 Å². The first-order chi connectivity index (χ1) is 8.32. The minimum absolute atomic E-state index is 0.0341. The molecule has 0 saturated carbocycles. The van der Waals surface area contributed by atoms with E-state index in [0.29, 0.717) is 15.1 Å². The van der Waals surface area contributed by atoms with E-state index in [0.717, 1.165) is 0 Å². The first kappa shape index (κ1) is 15.2. The molecule has 0 heterocycles. The molecular weight excluding hydrogens is 316 g/mol. The number of amides is 1. The Hall–Kier alpha value is -0.880. The van der Waals surface area contributed by atoms with Crippen molar-refractivity contribution in [2.75, 3.05) is 5.73 Å². The number of carbonyl (C=O) groups excluding carboxylic acids is 1. The van der Waals surface area contributed by atoms with Crippen LogP contribution in [0.4, 0.5) is 5.69 Å². The van der Waals surface area contributed by atoms with Crippen molar-refractivity contribution in [3.63, 3.8) is 0 Å². The molecule has 100 valence electrons. The molecule has 1 aromatic rings. The summed E-state index contributed by atoms with van der Waals surface area (Å²) in [6, 6.07) is 5.06. The van der Waals surface area contributed by atoms with Crippen molar-refractivity contribution in [1.29, 1.82) is 0 Å². The Bertz CT molecular complexity index is 477. The number of anilines is 1. The van der Waals surface area contributed by atoms with E-state index in [-0.39, 0.29) is 11.9 Å². The summed E-state index contributed by atoms with van der Waals surface area (Å²) in [6.45, 7) is 5.38. The molecule has 0 aliphatic rings. The van der Waals surface area contributed by atoms with Crippen LogP contribution in [-0.4, -0.2) is 21.4 Å². The van der Waals surface area contributed by atoms with Crippen LogP contribution >= 0.6 is 15.9 Å². The molecule has 0 fully saturated rings. The third-order valence-electron chi connectivity index (χ3n) is 2.29. The second-order valence-corrected chi connectivity index (χ2v) is 6.89. The van der Waals surface area contributed by atoms with Gasteiger partial charge in [0.25, 0.3) is 0 Å². The fraction of sp³-hybridized carbons (Fsp3) is 0.417. The van der Waals surface area contributed by atoms with E-state index in [1.807, 2.05) is 13.8 Å². The van der Waals surface area contributed by atoms with Gasteiger partial charge in [0.1, 0.15) is 5.25 Å². The zero-order valence-corrected chi connectivity index (χ0v) is 13.0. The maximum absolute atomic E-state index is 12.3. The molecule has 0 aliphatic heterocycles. The molecule has 6 heteroatoms. The monoisotopic (exact) mass is 332 g/mol. The molecule has 4 nitrogen and oxygen atoms in total. The molecule has 0 bridgehead atoms. The van der Waals surface area contributed by atoms with E-state index in [4.69, 9.17) is 5.73 Å². The molecule has 0 aromatic heterocycles. The highest BCUT2D eigenvalue weighted by molar-refractivity contribution is 9.10. The number of halogens is 1. The highest BCUT2D eigenvalue weighted by Crippen LogP contribution is 2.24. The lowest BCUT2D eigenvalue weighted by molar-refractivity contribution is -0.120. The second-order valence-electron chi connectivity index (χ2n) is 4.29. The van der Waals surface area contributed by atoms with Crippen LogP contribution in [0.2, 0.25) is 0 Å². The molecular formula is C12H17BrN2O2S. The van der Waals surface area contributed by atoms with E-state index < -0.39 is 16.0 Å². The highest BCUT2D eigenvalue weighted by atomic mass is 79.9. The Labute approximate surface area is 118 Å². The van der Waals surface area contributed by atoms with Crippen molar-refractivity contribution >= 4 is 38.3 Å². The zero-order valence-electron chi connectivity index (χ0n) is 10.6. The van der Waals surface area contributed by atoms with Gasteiger partial charge in [0.2, 0.25) is 5.91 Å². The minimum atomic E-state index is -1.41. The Morgan fingerprint density at radius 2 is 2.00 bits per heavy atom. The van der Waals surface area contributed by atoms with Crippen LogP contribution < -0.4 is 11.1 Å². The summed E-state index contributed by atoms with van der Waals surface area (Å²) in [4.78, 5) is 12.4. The van der Waals surface area contributed by atoms with Crippen LogP contribution in [0.5, 0.6) is 0 Å². The van der Waals surface area contributed by atoms with Crippen molar-refractivity contribution in [3.05, 3.63) is 22.7 Å². The third kappa shape index (κ3) is 3.81. The maximum Gasteiger partial charge on any atom is 0.236 e. The van der Waals surface area contributed by atoms with Gasteiger partial charge in [0.15, 0.2) is 0 Å². The topological polar surface area (TPSA) is 72.2 Å². The lowest BCUT2D eigenvalue weighted by Gasteiger charge is -2.15. The summed E-state index contributed by atoms with van der Waals surface area (Å²) < 4.78 is 12.9. The van der Waals surface area contributed by atoms with Gasteiger partial charge in [-0.25, -0.2) is 0 Å². The van der Waals surface area contributed by atoms with Gasteiger partial charge >= 0.3 is 0 Å². The summed E-state index contributed by atoms with van der Waals surface area (Å²) in [7, 11) is -1.41. The van der Waals surface area contributed by atoms with Crippen LogP contribution in [0.1, 0.15) is 20.8 Å². The van der Waals surface area contributed by atoms with Gasteiger partial charge in [-0.15, -0.1) is 0 Å². The largest absolute Gasteiger partial charge is 0.399 e. The number of nitrogen functional groups attached to an aromatic ring is 1. The Balaban J connectivity index is 2.90. The number of rotatable bonds is 4. The van der Waals surface area contributed by atoms with Gasteiger partial charge in [-0.2, -0.15) is 0 Å². The molecule has 18 heavy (non-hydrogen) atoms. The lowest BCUT2D eigenvalue weighted by Crippen LogP contribution is -2.39. The minimum Gasteiger partial charge on any atom is -0.399 e. The van der Waals surface area contributed by atoms with Crippen molar-refractivity contribution in [3.8, 4) is 0 Å². The SMILES string of the molecule is CC(C)NC(=O)C(C)S(=O)c1ccc(N)cc1Br. The predicted molar refractivity (Wildman–Crippen MR) is 77.7 cm³/mol. The van der Waals surface area contributed by atoms with E-state index >= 15 is 0 Å². The van der Waals surface area contributed by atoms with Crippen LogP contribution in [-0.2, 0) is 15.6 Å². The number of carbonyl (C=O) groups is 1. The summed E-state index contributed by atoms with van der Waals surface area (Å²) in [5.41, 5.74) is 6.21. The van der Waals surface area contributed by atoms with Crippen LogP contribution in [0.25, 0.3) is 0 Å². The van der Waals surface area contributed by atoms with E-state index in [2.05, 4.69) is 21.2 Å². The third-order valence-corrected chi connectivity index (χ3v) is 4.86. The fourth-order valence-corrected chi connectivity index (χ4v) is 3.34. The summed E-state index contributed by atoms with van der Waals surface area (Å²) in [5, 5.41) is 2.15. The summed E-state index contributed by atoms with van der Waals surface area (Å²) in [6.07, 6.45) is 0. The van der Waals surface area contributed by atoms with Crippen LogP contribution in [0.3, 0.4) is 0 Å². The van der Waals surface area contributed by atoms with E-state index in [1.165, 1.54) is 0 Å². The number of hydrogen-bond donors (Lipinski definition) is 2. The normalized spacial score (nSPS) is 14.3. The average Bonchev–Trinajstić information content (AvgIpc) is 2.26. The number of hydrogen-bond acceptors (Lipinski definition) is 3. The number of benzene rings is 1. The molecule has 1 rings (SSSR count). The van der Waals surface area contributed by atoms with Crippen molar-refractivity contribution in [2.45, 2.75) is 37.0 Å². The van der Waals surface area contributed by atoms with Gasteiger partial charge in [-0.05, 0) is 54.9 Å². The quantitative estimate of drug-likeness (QED) is 0.829. The van der Waals surface area contributed by atoms with Gasteiger partial charge in [-0.1, -0.05) is 0 Å². The van der Waals surface area contributed by atoms with Gasteiger partial charge in [0, 0.05) is 16.2 Å². The van der Waals surface area contributed by atoms with Crippen LogP contribution in [0, 0.1) is 0 Å². The summed E-state index contributed by atoms with van der Waals surface area (Å²) >= 11 is 3.31. The fourth-order valence-electron chi connectivity index (χ4n) is 1.37. The molecule has 1 aromatic carbocycles. The molecule has 1 amide bonds. The van der Waals surface area contributed by atoms with Crippen molar-refractivity contribution in [1.82, 2.24) is 5.32 Å². The molecule has 3 N–H and O–H groups in total. The smallest absolute Gasteiger partial charge is 0.236 e. The molecule has 0 radical (unpaired) electrons. The number of nitrogens with one attached hydrogen (secondary N) is 1. The van der Waals surface area contributed by atoms with Crippen LogP contribution in [0.15, 0.2) is 27.6 Å². The maximum atomic E-state index is 12.3. The summed E-state index contributed by atoms with van der Waals surface area (Å²) in [5.74, 6) is -0.216. The molecule has 0 aliphatic carbocycles. The van der Waals surface area contributed by atoms with Gasteiger partial charge in [0.05, 0.1) is 15.7 Å². The Morgan fingerprint density at radius 3 is 2.50 bits per heavy atom. The second kappa shape index (κ2) is 6.33. The van der Waals surface area contributed by atoms with Gasteiger partial charge < -0.3 is 11.1 Å². The first-order valence-electron chi connectivity index (χ1n) is 5.59. The highest BCUT2D eigenvalue weighted by Gasteiger charge is 2.23. The standard InChI is InChI=1S/C12H17BrN2O2S/c1-7(2)15-12(16)8(3)18(17)11-5-4-9(14)6-10(11)13/h4-8H,14H2,1-3H3,(H,15,16). The molecule has 0 spiro atoms.